The van der Waals surface area contributed by atoms with Crippen LogP contribution in [0.2, 0.25) is 0 Å². The Kier molecular flexibility index (Phi) is 3.80. The Morgan fingerprint density at radius 2 is 1.83 bits per heavy atom. The molecular formula is C16H15N3O5. The second kappa shape index (κ2) is 5.80. The molecular weight excluding hydrogens is 314 g/mol. The van der Waals surface area contributed by atoms with Gasteiger partial charge in [0.25, 0.3) is 0 Å². The van der Waals surface area contributed by atoms with Crippen LogP contribution in [0.5, 0.6) is 0 Å². The van der Waals surface area contributed by atoms with E-state index in [4.69, 9.17) is 0 Å². The van der Waals surface area contributed by atoms with E-state index in [1.165, 1.54) is 17.7 Å². The van der Waals surface area contributed by atoms with Crippen molar-refractivity contribution in [1.82, 2.24) is 14.7 Å². The molecule has 1 amide bonds. The van der Waals surface area contributed by atoms with Gasteiger partial charge in [0.05, 0.1) is 16.9 Å². The van der Waals surface area contributed by atoms with Crippen LogP contribution in [0.25, 0.3) is 5.69 Å². The molecule has 2 heterocycles. The predicted molar refractivity (Wildman–Crippen MR) is 82.3 cm³/mol. The molecule has 0 saturated carbocycles. The molecule has 0 spiro atoms. The van der Waals surface area contributed by atoms with Crippen molar-refractivity contribution in [3.63, 3.8) is 0 Å². The Bertz CT molecular complexity index is 855. The second-order valence-electron chi connectivity index (χ2n) is 5.50. The largest absolute Gasteiger partial charge is 0.478 e. The number of amides is 1. The lowest BCUT2D eigenvalue weighted by molar-refractivity contribution is -0.129. The van der Waals surface area contributed by atoms with Gasteiger partial charge in [0.15, 0.2) is 5.69 Å². The Labute approximate surface area is 136 Å². The maximum atomic E-state index is 11.6. The third-order valence-corrected chi connectivity index (χ3v) is 4.07. The number of aromatic carboxylic acids is 2. The van der Waals surface area contributed by atoms with Gasteiger partial charge in [-0.25, -0.2) is 14.3 Å². The van der Waals surface area contributed by atoms with Crippen LogP contribution in [0.15, 0.2) is 24.3 Å². The van der Waals surface area contributed by atoms with Gasteiger partial charge < -0.3 is 15.1 Å². The van der Waals surface area contributed by atoms with E-state index in [9.17, 15) is 24.6 Å². The summed E-state index contributed by atoms with van der Waals surface area (Å²) in [7, 11) is 0. The summed E-state index contributed by atoms with van der Waals surface area (Å²) in [6.45, 7) is 2.01. The summed E-state index contributed by atoms with van der Waals surface area (Å²) in [5.41, 5.74) is 1.26. The first-order valence-corrected chi connectivity index (χ1v) is 7.32. The molecule has 0 aliphatic carbocycles. The number of nitrogens with zero attached hydrogens (tertiary/aromatic N) is 3. The van der Waals surface area contributed by atoms with Crippen molar-refractivity contribution < 1.29 is 24.6 Å². The second-order valence-corrected chi connectivity index (χ2v) is 5.50. The molecule has 8 nitrogen and oxygen atoms in total. The van der Waals surface area contributed by atoms with Gasteiger partial charge in [0.2, 0.25) is 5.91 Å². The Morgan fingerprint density at radius 1 is 1.12 bits per heavy atom. The van der Waals surface area contributed by atoms with Gasteiger partial charge in [-0.15, -0.1) is 0 Å². The van der Waals surface area contributed by atoms with E-state index in [2.05, 4.69) is 5.10 Å². The first-order chi connectivity index (χ1) is 11.4. The van der Waals surface area contributed by atoms with Gasteiger partial charge >= 0.3 is 11.9 Å². The number of carbonyl (C=O) groups excluding carboxylic acids is 1. The summed E-state index contributed by atoms with van der Waals surface area (Å²) >= 11 is 0. The molecule has 24 heavy (non-hydrogen) atoms. The first kappa shape index (κ1) is 15.7. The summed E-state index contributed by atoms with van der Waals surface area (Å²) in [5.74, 6) is -2.47. The summed E-state index contributed by atoms with van der Waals surface area (Å²) in [5, 5.41) is 22.9. The van der Waals surface area contributed by atoms with Gasteiger partial charge in [0, 0.05) is 32.0 Å². The molecule has 8 heteroatoms. The maximum absolute atomic E-state index is 11.6. The number of fused-ring (bicyclic) bond motifs is 1. The third kappa shape index (κ3) is 2.51. The minimum Gasteiger partial charge on any atom is -0.478 e. The van der Waals surface area contributed by atoms with Gasteiger partial charge in [-0.05, 0) is 12.1 Å². The van der Waals surface area contributed by atoms with Gasteiger partial charge in [-0.2, -0.15) is 5.10 Å². The van der Waals surface area contributed by atoms with E-state index in [0.717, 1.165) is 0 Å². The zero-order valence-electron chi connectivity index (χ0n) is 12.9. The van der Waals surface area contributed by atoms with Crippen LogP contribution in [0, 0.1) is 0 Å². The molecule has 0 bridgehead atoms. The highest BCUT2D eigenvalue weighted by atomic mass is 16.4. The molecule has 2 N–H and O–H groups in total. The molecule has 3 rings (SSSR count). The zero-order valence-corrected chi connectivity index (χ0v) is 12.9. The van der Waals surface area contributed by atoms with Crippen LogP contribution in [0.4, 0.5) is 0 Å². The Balaban J connectivity index is 2.19. The zero-order chi connectivity index (χ0) is 17.4. The summed E-state index contributed by atoms with van der Waals surface area (Å²) in [4.78, 5) is 36.1. The Hall–Kier alpha value is -3.16. The molecule has 0 radical (unpaired) electrons. The molecule has 1 aromatic carbocycles. The maximum Gasteiger partial charge on any atom is 0.356 e. The van der Waals surface area contributed by atoms with E-state index >= 15 is 0 Å². The summed E-state index contributed by atoms with van der Waals surface area (Å²) < 4.78 is 1.37. The predicted octanol–water partition coefficient (Wildman–Crippen LogP) is 1.17. The smallest absolute Gasteiger partial charge is 0.356 e. The highest BCUT2D eigenvalue weighted by Crippen LogP contribution is 2.27. The molecule has 124 valence electrons. The van der Waals surface area contributed by atoms with Crippen molar-refractivity contribution >= 4 is 17.8 Å². The first-order valence-electron chi connectivity index (χ1n) is 7.32. The number of carbonyl (C=O) groups is 3. The molecule has 1 aliphatic rings. The molecule has 0 unspecified atom stereocenters. The van der Waals surface area contributed by atoms with Gasteiger partial charge in [-0.1, -0.05) is 12.1 Å². The topological polar surface area (TPSA) is 113 Å². The average molecular weight is 329 g/mol. The van der Waals surface area contributed by atoms with Gasteiger partial charge in [-0.3, -0.25) is 4.79 Å². The fraction of sp³-hybridized carbons (Fsp3) is 0.250. The molecule has 1 aromatic heterocycles. The third-order valence-electron chi connectivity index (χ3n) is 4.07. The SMILES string of the molecule is CC(=O)N1CCc2c(c(C(=O)O)nn2-c2ccccc2C(=O)O)C1. The van der Waals surface area contributed by atoms with Crippen LogP contribution >= 0.6 is 0 Å². The molecule has 0 saturated heterocycles. The van der Waals surface area contributed by atoms with E-state index in [-0.39, 0.29) is 23.7 Å². The molecule has 0 fully saturated rings. The monoisotopic (exact) mass is 329 g/mol. The van der Waals surface area contributed by atoms with Crippen molar-refractivity contribution in [2.24, 2.45) is 0 Å². The minimum absolute atomic E-state index is 0.0359. The molecule has 2 aromatic rings. The lowest BCUT2D eigenvalue weighted by Gasteiger charge is -2.26. The highest BCUT2D eigenvalue weighted by molar-refractivity contribution is 5.92. The number of rotatable bonds is 3. The normalized spacial score (nSPS) is 13.5. The van der Waals surface area contributed by atoms with Crippen molar-refractivity contribution in [3.8, 4) is 5.69 Å². The van der Waals surface area contributed by atoms with E-state index in [0.29, 0.717) is 29.9 Å². The standard InChI is InChI=1S/C16H15N3O5/c1-9(20)18-7-6-13-11(8-18)14(16(23)24)17-19(13)12-5-3-2-4-10(12)15(21)22/h2-5H,6-8H2,1H3,(H,21,22)(H,23,24). The van der Waals surface area contributed by atoms with Crippen LogP contribution in [0.1, 0.15) is 39.0 Å². The highest BCUT2D eigenvalue weighted by Gasteiger charge is 2.30. The Morgan fingerprint density at radius 3 is 2.46 bits per heavy atom. The lowest BCUT2D eigenvalue weighted by Crippen LogP contribution is -2.35. The average Bonchev–Trinajstić information content (AvgIpc) is 2.93. The van der Waals surface area contributed by atoms with Crippen molar-refractivity contribution in [2.75, 3.05) is 6.54 Å². The van der Waals surface area contributed by atoms with E-state index in [1.54, 1.807) is 23.1 Å². The van der Waals surface area contributed by atoms with Crippen LogP contribution in [0.3, 0.4) is 0 Å². The van der Waals surface area contributed by atoms with Crippen LogP contribution in [-0.4, -0.2) is 49.3 Å². The number of para-hydroxylation sites is 1. The summed E-state index contributed by atoms with van der Waals surface area (Å²) in [6.07, 6.45) is 0.406. The van der Waals surface area contributed by atoms with Crippen LogP contribution < -0.4 is 0 Å². The number of hydrogen-bond donors (Lipinski definition) is 2. The fourth-order valence-electron chi connectivity index (χ4n) is 2.90. The number of aromatic nitrogens is 2. The quantitative estimate of drug-likeness (QED) is 0.874. The number of carboxylic acid groups (broad SMARTS) is 2. The fourth-order valence-corrected chi connectivity index (χ4v) is 2.90. The minimum atomic E-state index is -1.21. The van der Waals surface area contributed by atoms with E-state index < -0.39 is 11.9 Å². The van der Waals surface area contributed by atoms with Crippen LogP contribution in [-0.2, 0) is 17.8 Å². The molecule has 0 atom stereocenters. The van der Waals surface area contributed by atoms with Crippen molar-refractivity contribution in [1.29, 1.82) is 0 Å². The van der Waals surface area contributed by atoms with E-state index in [1.807, 2.05) is 0 Å². The number of hydrogen-bond acceptors (Lipinski definition) is 4. The molecule has 1 aliphatic heterocycles. The van der Waals surface area contributed by atoms with Crippen molar-refractivity contribution in [3.05, 3.63) is 46.8 Å². The van der Waals surface area contributed by atoms with Gasteiger partial charge in [0.1, 0.15) is 0 Å². The lowest BCUT2D eigenvalue weighted by atomic mass is 10.0. The number of benzene rings is 1. The van der Waals surface area contributed by atoms with Crippen molar-refractivity contribution in [2.45, 2.75) is 19.9 Å². The number of carboxylic acids is 2. The summed E-state index contributed by atoms with van der Waals surface area (Å²) in [6, 6.07) is 6.29.